The van der Waals surface area contributed by atoms with Gasteiger partial charge in [-0.05, 0) is 12.8 Å². The molecule has 0 aromatic heterocycles. The maximum absolute atomic E-state index is 3.82. The van der Waals surface area contributed by atoms with E-state index < -0.39 is 0 Å². The zero-order chi connectivity index (χ0) is 11.1. The highest BCUT2D eigenvalue weighted by molar-refractivity contribution is 9.26. The summed E-state index contributed by atoms with van der Waals surface area (Å²) in [6.07, 6.45) is 13.7. The SMILES string of the molecule is BrC1CCCCCCCCCCC1(Br)Br. The van der Waals surface area contributed by atoms with Gasteiger partial charge in [-0.2, -0.15) is 0 Å². The van der Waals surface area contributed by atoms with Gasteiger partial charge in [-0.25, -0.2) is 0 Å². The van der Waals surface area contributed by atoms with Gasteiger partial charge in [0.05, 0.1) is 3.23 Å². The molecule has 0 heterocycles. The Morgan fingerprint density at radius 1 is 0.733 bits per heavy atom. The first kappa shape index (κ1) is 14.5. The van der Waals surface area contributed by atoms with Gasteiger partial charge in [0, 0.05) is 4.83 Å². The Bertz CT molecular complexity index is 168. The summed E-state index contributed by atoms with van der Waals surface area (Å²) in [5.41, 5.74) is 0. The maximum atomic E-state index is 3.82. The fraction of sp³-hybridized carbons (Fsp3) is 1.00. The van der Waals surface area contributed by atoms with Crippen molar-refractivity contribution in [3.05, 3.63) is 0 Å². The fourth-order valence-corrected chi connectivity index (χ4v) is 3.68. The molecule has 90 valence electrons. The highest BCUT2D eigenvalue weighted by atomic mass is 79.9. The van der Waals surface area contributed by atoms with Crippen LogP contribution in [0.5, 0.6) is 0 Å². The van der Waals surface area contributed by atoms with Crippen LogP contribution in [0.1, 0.15) is 64.2 Å². The molecule has 1 atom stereocenters. The Kier molecular flexibility index (Phi) is 7.45. The quantitative estimate of drug-likeness (QED) is 0.424. The minimum absolute atomic E-state index is 0.124. The van der Waals surface area contributed by atoms with E-state index in [1.54, 1.807) is 0 Å². The average Bonchev–Trinajstić information content (AvgIpc) is 2.18. The van der Waals surface area contributed by atoms with E-state index >= 15 is 0 Å². The van der Waals surface area contributed by atoms with E-state index in [-0.39, 0.29) is 3.23 Å². The number of rotatable bonds is 0. The molecule has 0 amide bonds. The summed E-state index contributed by atoms with van der Waals surface area (Å²) in [6, 6.07) is 0. The van der Waals surface area contributed by atoms with Crippen molar-refractivity contribution in [1.29, 1.82) is 0 Å². The highest BCUT2D eigenvalue weighted by Gasteiger charge is 2.30. The lowest BCUT2D eigenvalue weighted by molar-refractivity contribution is 0.512. The Morgan fingerprint density at radius 3 is 1.80 bits per heavy atom. The van der Waals surface area contributed by atoms with Gasteiger partial charge >= 0.3 is 0 Å². The lowest BCUT2D eigenvalue weighted by Crippen LogP contribution is -2.24. The van der Waals surface area contributed by atoms with Crippen LogP contribution in [-0.2, 0) is 0 Å². The zero-order valence-electron chi connectivity index (χ0n) is 9.28. The third-order valence-corrected chi connectivity index (χ3v) is 7.54. The van der Waals surface area contributed by atoms with Gasteiger partial charge in [0.15, 0.2) is 0 Å². The van der Waals surface area contributed by atoms with Gasteiger partial charge in [0.1, 0.15) is 0 Å². The Morgan fingerprint density at radius 2 is 1.20 bits per heavy atom. The summed E-state index contributed by atoms with van der Waals surface area (Å²) in [7, 11) is 0. The highest BCUT2D eigenvalue weighted by Crippen LogP contribution is 2.42. The molecule has 0 bridgehead atoms. The molecular formula is C12H21Br3. The third kappa shape index (κ3) is 6.07. The lowest BCUT2D eigenvalue weighted by Gasteiger charge is -2.27. The summed E-state index contributed by atoms with van der Waals surface area (Å²) in [5, 5.41) is 0. The molecule has 0 N–H and O–H groups in total. The van der Waals surface area contributed by atoms with Crippen LogP contribution < -0.4 is 0 Å². The van der Waals surface area contributed by atoms with Gasteiger partial charge in [0.2, 0.25) is 0 Å². The third-order valence-electron chi connectivity index (χ3n) is 3.18. The van der Waals surface area contributed by atoms with E-state index in [0.717, 1.165) is 0 Å². The Labute approximate surface area is 119 Å². The van der Waals surface area contributed by atoms with Crippen molar-refractivity contribution < 1.29 is 0 Å². The molecule has 0 aromatic carbocycles. The summed E-state index contributed by atoms with van der Waals surface area (Å²) in [6.45, 7) is 0. The van der Waals surface area contributed by atoms with E-state index in [2.05, 4.69) is 47.8 Å². The van der Waals surface area contributed by atoms with Crippen LogP contribution in [0.25, 0.3) is 0 Å². The van der Waals surface area contributed by atoms with E-state index in [4.69, 9.17) is 0 Å². The summed E-state index contributed by atoms with van der Waals surface area (Å²) >= 11 is 11.4. The van der Waals surface area contributed by atoms with Crippen LogP contribution in [0.3, 0.4) is 0 Å². The fourth-order valence-electron chi connectivity index (χ4n) is 2.11. The summed E-state index contributed by atoms with van der Waals surface area (Å²) in [5.74, 6) is 0. The number of hydrogen-bond donors (Lipinski definition) is 0. The largest absolute Gasteiger partial charge is 0.0929 e. The van der Waals surface area contributed by atoms with Gasteiger partial charge in [-0.3, -0.25) is 0 Å². The maximum Gasteiger partial charge on any atom is 0.0929 e. The second-order valence-corrected chi connectivity index (χ2v) is 9.60. The molecule has 0 aromatic rings. The van der Waals surface area contributed by atoms with E-state index in [9.17, 15) is 0 Å². The number of halogens is 3. The van der Waals surface area contributed by atoms with Crippen LogP contribution in [0.2, 0.25) is 0 Å². The van der Waals surface area contributed by atoms with Gasteiger partial charge in [-0.1, -0.05) is 99.2 Å². The molecule has 1 unspecified atom stereocenters. The summed E-state index contributed by atoms with van der Waals surface area (Å²) in [4.78, 5) is 0.560. The molecular weight excluding hydrogens is 384 g/mol. The second-order valence-electron chi connectivity index (χ2n) is 4.60. The van der Waals surface area contributed by atoms with E-state index in [1.807, 2.05) is 0 Å². The van der Waals surface area contributed by atoms with Crippen LogP contribution in [-0.4, -0.2) is 8.06 Å². The van der Waals surface area contributed by atoms with Crippen LogP contribution in [0, 0.1) is 0 Å². The second kappa shape index (κ2) is 7.71. The number of hydrogen-bond acceptors (Lipinski definition) is 0. The molecule has 15 heavy (non-hydrogen) atoms. The van der Waals surface area contributed by atoms with Crippen molar-refractivity contribution in [3.8, 4) is 0 Å². The molecule has 1 saturated carbocycles. The molecule has 0 radical (unpaired) electrons. The van der Waals surface area contributed by atoms with Gasteiger partial charge in [-0.15, -0.1) is 0 Å². The van der Waals surface area contributed by atoms with Crippen molar-refractivity contribution in [2.45, 2.75) is 72.3 Å². The van der Waals surface area contributed by atoms with Crippen molar-refractivity contribution in [2.24, 2.45) is 0 Å². The average molecular weight is 405 g/mol. The molecule has 1 rings (SSSR count). The first-order valence-electron chi connectivity index (χ1n) is 6.15. The Hall–Kier alpha value is 1.44. The lowest BCUT2D eigenvalue weighted by atomic mass is 10.0. The first-order chi connectivity index (χ1) is 7.13. The van der Waals surface area contributed by atoms with Gasteiger partial charge in [0.25, 0.3) is 0 Å². The summed E-state index contributed by atoms with van der Waals surface area (Å²) < 4.78 is 0.124. The molecule has 0 spiro atoms. The minimum Gasteiger partial charge on any atom is -0.0866 e. The normalized spacial score (nSPS) is 30.2. The van der Waals surface area contributed by atoms with Crippen molar-refractivity contribution in [3.63, 3.8) is 0 Å². The Balaban J connectivity index is 2.38. The minimum atomic E-state index is 0.124. The molecule has 1 fully saturated rings. The molecule has 0 aliphatic heterocycles. The van der Waals surface area contributed by atoms with Crippen LogP contribution in [0.15, 0.2) is 0 Å². The molecule has 3 heteroatoms. The molecule has 1 aliphatic rings. The van der Waals surface area contributed by atoms with E-state index in [0.29, 0.717) is 4.83 Å². The van der Waals surface area contributed by atoms with Crippen molar-refractivity contribution >= 4 is 47.8 Å². The zero-order valence-corrected chi connectivity index (χ0v) is 14.0. The number of alkyl halides is 3. The van der Waals surface area contributed by atoms with Crippen molar-refractivity contribution in [2.75, 3.05) is 0 Å². The molecule has 1 aliphatic carbocycles. The van der Waals surface area contributed by atoms with Gasteiger partial charge < -0.3 is 0 Å². The topological polar surface area (TPSA) is 0 Å². The standard InChI is InChI=1S/C12H21Br3/c13-11-9-7-5-3-1-2-4-6-8-10-12(11,14)15/h11H,1-10H2. The molecule has 0 saturated heterocycles. The van der Waals surface area contributed by atoms with Crippen LogP contribution >= 0.6 is 47.8 Å². The van der Waals surface area contributed by atoms with E-state index in [1.165, 1.54) is 64.2 Å². The van der Waals surface area contributed by atoms with Crippen molar-refractivity contribution in [1.82, 2.24) is 0 Å². The molecule has 0 nitrogen and oxygen atoms in total. The first-order valence-corrected chi connectivity index (χ1v) is 8.65. The van der Waals surface area contributed by atoms with Crippen LogP contribution in [0.4, 0.5) is 0 Å². The monoisotopic (exact) mass is 402 g/mol. The predicted octanol–water partition coefficient (Wildman–Crippen LogP) is 6.15. The predicted molar refractivity (Wildman–Crippen MR) is 79.5 cm³/mol. The smallest absolute Gasteiger partial charge is 0.0866 e.